The number of nitrogens with two attached hydrogens (primary N) is 1. The molecule has 8 heteroatoms. The topological polar surface area (TPSA) is 92.5 Å². The van der Waals surface area contributed by atoms with Crippen LogP contribution in [0.1, 0.15) is 19.4 Å². The van der Waals surface area contributed by atoms with Crippen molar-refractivity contribution in [2.75, 3.05) is 18.8 Å². The van der Waals surface area contributed by atoms with Crippen LogP contribution in [0.3, 0.4) is 0 Å². The van der Waals surface area contributed by atoms with Gasteiger partial charge in [0.05, 0.1) is 10.6 Å². The van der Waals surface area contributed by atoms with E-state index in [-0.39, 0.29) is 35.1 Å². The van der Waals surface area contributed by atoms with E-state index in [9.17, 15) is 17.6 Å². The normalized spacial score (nSPS) is 19.3. The Balaban J connectivity index is 2.54. The SMILES string of the molecule is Cc1cc(S(=O)(=O)N2CCNC(=O)C2(C)C)cc(N)c1F. The van der Waals surface area contributed by atoms with E-state index < -0.39 is 21.4 Å². The average Bonchev–Trinajstić information content (AvgIpc) is 2.38. The summed E-state index contributed by atoms with van der Waals surface area (Å²) in [7, 11) is -3.94. The molecule has 1 saturated heterocycles. The smallest absolute Gasteiger partial charge is 0.244 e. The average molecular weight is 315 g/mol. The standard InChI is InChI=1S/C13H18FN3O3S/c1-8-6-9(7-10(15)11(8)14)21(19,20)17-5-4-16-12(18)13(17,2)3/h6-7H,4-5,15H2,1-3H3,(H,16,18). The van der Waals surface area contributed by atoms with Gasteiger partial charge in [-0.25, -0.2) is 12.8 Å². The molecule has 0 radical (unpaired) electrons. The number of sulfonamides is 1. The van der Waals surface area contributed by atoms with Crippen molar-refractivity contribution in [3.63, 3.8) is 0 Å². The van der Waals surface area contributed by atoms with E-state index in [1.54, 1.807) is 0 Å². The highest BCUT2D eigenvalue weighted by Gasteiger charge is 2.45. The van der Waals surface area contributed by atoms with E-state index in [0.29, 0.717) is 0 Å². The monoisotopic (exact) mass is 315 g/mol. The molecule has 1 aromatic carbocycles. The summed E-state index contributed by atoms with van der Waals surface area (Å²) in [5.41, 5.74) is 4.21. The van der Waals surface area contributed by atoms with Crippen LogP contribution < -0.4 is 11.1 Å². The summed E-state index contributed by atoms with van der Waals surface area (Å²) in [5, 5.41) is 2.63. The fourth-order valence-corrected chi connectivity index (χ4v) is 4.21. The molecule has 6 nitrogen and oxygen atoms in total. The highest BCUT2D eigenvalue weighted by Crippen LogP contribution is 2.29. The fraction of sp³-hybridized carbons (Fsp3) is 0.462. The van der Waals surface area contributed by atoms with Crippen LogP contribution in [-0.4, -0.2) is 37.3 Å². The van der Waals surface area contributed by atoms with Crippen LogP contribution in [0.15, 0.2) is 17.0 Å². The molecule has 0 atom stereocenters. The molecule has 1 aliphatic heterocycles. The number of piperazine rings is 1. The van der Waals surface area contributed by atoms with Crippen LogP contribution in [0.4, 0.5) is 10.1 Å². The zero-order valence-electron chi connectivity index (χ0n) is 12.1. The Morgan fingerprint density at radius 3 is 2.57 bits per heavy atom. The van der Waals surface area contributed by atoms with Gasteiger partial charge < -0.3 is 11.1 Å². The zero-order chi connectivity index (χ0) is 16.0. The van der Waals surface area contributed by atoms with Crippen molar-refractivity contribution in [3.05, 3.63) is 23.5 Å². The van der Waals surface area contributed by atoms with Gasteiger partial charge in [-0.15, -0.1) is 0 Å². The lowest BCUT2D eigenvalue weighted by Gasteiger charge is -2.39. The summed E-state index contributed by atoms with van der Waals surface area (Å²) >= 11 is 0. The molecule has 1 aromatic rings. The molecular formula is C13H18FN3O3S. The first kappa shape index (κ1) is 15.7. The van der Waals surface area contributed by atoms with Crippen molar-refractivity contribution < 1.29 is 17.6 Å². The highest BCUT2D eigenvalue weighted by atomic mass is 32.2. The lowest BCUT2D eigenvalue weighted by Crippen LogP contribution is -2.63. The van der Waals surface area contributed by atoms with Crippen LogP contribution in [0, 0.1) is 12.7 Å². The molecule has 0 saturated carbocycles. The molecule has 1 aliphatic rings. The molecule has 0 aliphatic carbocycles. The summed E-state index contributed by atoms with van der Waals surface area (Å²) in [6, 6.07) is 2.31. The maximum absolute atomic E-state index is 13.6. The molecule has 2 rings (SSSR count). The van der Waals surface area contributed by atoms with Crippen LogP contribution in [0.2, 0.25) is 0 Å². The van der Waals surface area contributed by atoms with Gasteiger partial charge >= 0.3 is 0 Å². The molecular weight excluding hydrogens is 297 g/mol. The minimum atomic E-state index is -3.94. The summed E-state index contributed by atoms with van der Waals surface area (Å²) in [6.07, 6.45) is 0. The number of benzene rings is 1. The Hall–Kier alpha value is -1.67. The highest BCUT2D eigenvalue weighted by molar-refractivity contribution is 7.89. The molecule has 1 heterocycles. The summed E-state index contributed by atoms with van der Waals surface area (Å²) in [6.45, 7) is 4.88. The third-order valence-corrected chi connectivity index (χ3v) is 5.67. The van der Waals surface area contributed by atoms with Gasteiger partial charge in [0.2, 0.25) is 15.9 Å². The second-order valence-electron chi connectivity index (χ2n) is 5.54. The third-order valence-electron chi connectivity index (χ3n) is 3.62. The van der Waals surface area contributed by atoms with Crippen LogP contribution in [-0.2, 0) is 14.8 Å². The number of carbonyl (C=O) groups excluding carboxylic acids is 1. The number of nitrogens with zero attached hydrogens (tertiary/aromatic N) is 1. The Bertz CT molecular complexity index is 678. The lowest BCUT2D eigenvalue weighted by atomic mass is 10.0. The number of rotatable bonds is 2. The Morgan fingerprint density at radius 2 is 2.00 bits per heavy atom. The van der Waals surface area contributed by atoms with Crippen molar-refractivity contribution in [1.29, 1.82) is 0 Å². The maximum Gasteiger partial charge on any atom is 0.244 e. The second-order valence-corrected chi connectivity index (χ2v) is 7.40. The van der Waals surface area contributed by atoms with Gasteiger partial charge in [0, 0.05) is 13.1 Å². The zero-order valence-corrected chi connectivity index (χ0v) is 12.9. The Kier molecular flexibility index (Phi) is 3.71. The minimum Gasteiger partial charge on any atom is -0.396 e. The number of halogens is 1. The first-order valence-electron chi connectivity index (χ1n) is 6.45. The predicted octanol–water partition coefficient (Wildman–Crippen LogP) is 0.615. The first-order chi connectivity index (χ1) is 9.58. The molecule has 0 spiro atoms. The largest absolute Gasteiger partial charge is 0.396 e. The molecule has 0 aromatic heterocycles. The number of amides is 1. The minimum absolute atomic E-state index is 0.110. The number of aryl methyl sites for hydroxylation is 1. The van der Waals surface area contributed by atoms with Crippen LogP contribution in [0.25, 0.3) is 0 Å². The van der Waals surface area contributed by atoms with Gasteiger partial charge in [-0.05, 0) is 38.5 Å². The number of hydrogen-bond donors (Lipinski definition) is 2. The van der Waals surface area contributed by atoms with Crippen LogP contribution in [0.5, 0.6) is 0 Å². The van der Waals surface area contributed by atoms with Gasteiger partial charge in [-0.1, -0.05) is 0 Å². The summed E-state index contributed by atoms with van der Waals surface area (Å²) in [4.78, 5) is 11.8. The third kappa shape index (κ3) is 2.49. The van der Waals surface area contributed by atoms with E-state index in [1.165, 1.54) is 26.8 Å². The Labute approximate surface area is 123 Å². The molecule has 0 bridgehead atoms. The number of nitrogens with one attached hydrogen (secondary N) is 1. The van der Waals surface area contributed by atoms with E-state index in [0.717, 1.165) is 10.4 Å². The Morgan fingerprint density at radius 1 is 1.38 bits per heavy atom. The van der Waals surface area contributed by atoms with E-state index in [2.05, 4.69) is 5.32 Å². The number of nitrogen functional groups attached to an aromatic ring is 1. The summed E-state index contributed by atoms with van der Waals surface area (Å²) in [5.74, 6) is -1.01. The number of anilines is 1. The molecule has 0 unspecified atom stereocenters. The van der Waals surface area contributed by atoms with Gasteiger partial charge in [-0.3, -0.25) is 4.79 Å². The van der Waals surface area contributed by atoms with E-state index in [1.807, 2.05) is 0 Å². The van der Waals surface area contributed by atoms with Crippen molar-refractivity contribution in [3.8, 4) is 0 Å². The lowest BCUT2D eigenvalue weighted by molar-refractivity contribution is -0.131. The summed E-state index contributed by atoms with van der Waals surface area (Å²) < 4.78 is 40.1. The van der Waals surface area contributed by atoms with Gasteiger partial charge in [0.1, 0.15) is 11.4 Å². The fourth-order valence-electron chi connectivity index (χ4n) is 2.34. The molecule has 21 heavy (non-hydrogen) atoms. The first-order valence-corrected chi connectivity index (χ1v) is 7.89. The quantitative estimate of drug-likeness (QED) is 0.782. The molecule has 3 N–H and O–H groups in total. The molecule has 1 fully saturated rings. The van der Waals surface area contributed by atoms with Crippen molar-refractivity contribution in [2.24, 2.45) is 0 Å². The van der Waals surface area contributed by atoms with Crippen molar-refractivity contribution in [2.45, 2.75) is 31.2 Å². The second kappa shape index (κ2) is 4.96. The van der Waals surface area contributed by atoms with Gasteiger partial charge in [0.25, 0.3) is 0 Å². The molecule has 1 amide bonds. The maximum atomic E-state index is 13.6. The number of hydrogen-bond acceptors (Lipinski definition) is 4. The predicted molar refractivity (Wildman–Crippen MR) is 76.5 cm³/mol. The van der Waals surface area contributed by atoms with Gasteiger partial charge in [0.15, 0.2) is 0 Å². The van der Waals surface area contributed by atoms with Gasteiger partial charge in [-0.2, -0.15) is 4.31 Å². The molecule has 116 valence electrons. The van der Waals surface area contributed by atoms with Crippen molar-refractivity contribution in [1.82, 2.24) is 9.62 Å². The van der Waals surface area contributed by atoms with E-state index in [4.69, 9.17) is 5.73 Å². The number of carbonyl (C=O) groups is 1. The van der Waals surface area contributed by atoms with Crippen molar-refractivity contribution >= 4 is 21.6 Å². The van der Waals surface area contributed by atoms with E-state index >= 15 is 0 Å². The van der Waals surface area contributed by atoms with Crippen LogP contribution >= 0.6 is 0 Å².